The number of piperidine rings is 1. The van der Waals surface area contributed by atoms with Crippen molar-refractivity contribution in [3.63, 3.8) is 0 Å². The number of fused-ring (bicyclic) bond motifs is 2. The van der Waals surface area contributed by atoms with Gasteiger partial charge >= 0.3 is 0 Å². The molecule has 2 heterocycles. The van der Waals surface area contributed by atoms with Gasteiger partial charge in [-0.25, -0.2) is 0 Å². The van der Waals surface area contributed by atoms with E-state index < -0.39 is 0 Å². The maximum Gasteiger partial charge on any atom is 0.236 e. The number of hydrogen-bond acceptors (Lipinski definition) is 3. The summed E-state index contributed by atoms with van der Waals surface area (Å²) in [6.45, 7) is 4.84. The highest BCUT2D eigenvalue weighted by Gasteiger charge is 2.38. The first-order valence-electron chi connectivity index (χ1n) is 7.37. The topological polar surface area (TPSA) is 44.4 Å². The summed E-state index contributed by atoms with van der Waals surface area (Å²) in [4.78, 5) is 14.4. The molecule has 0 saturated carbocycles. The van der Waals surface area contributed by atoms with E-state index in [0.717, 1.165) is 25.0 Å². The largest absolute Gasteiger partial charge is 0.355 e. The van der Waals surface area contributed by atoms with Crippen LogP contribution in [0.5, 0.6) is 0 Å². The SMILES string of the molecule is CCCNC(=O)C(C)NC1CC2CCC(C1)N2C. The average Bonchev–Trinajstić information content (AvgIpc) is 2.58. The minimum absolute atomic E-state index is 0.0654. The molecule has 2 fully saturated rings. The summed E-state index contributed by atoms with van der Waals surface area (Å²) in [7, 11) is 2.25. The zero-order chi connectivity index (χ0) is 13.1. The van der Waals surface area contributed by atoms with Crippen molar-refractivity contribution < 1.29 is 4.79 Å². The van der Waals surface area contributed by atoms with Crippen LogP contribution in [-0.2, 0) is 4.79 Å². The van der Waals surface area contributed by atoms with Gasteiger partial charge in [0, 0.05) is 24.7 Å². The molecule has 4 nitrogen and oxygen atoms in total. The maximum absolute atomic E-state index is 11.8. The molecule has 2 aliphatic heterocycles. The van der Waals surface area contributed by atoms with Crippen LogP contribution in [0.15, 0.2) is 0 Å². The van der Waals surface area contributed by atoms with Crippen LogP contribution in [0.1, 0.15) is 46.0 Å². The molecule has 0 aliphatic carbocycles. The third kappa shape index (κ3) is 3.04. The first-order valence-corrected chi connectivity index (χ1v) is 7.37. The molecule has 2 aliphatic rings. The number of carbonyl (C=O) groups excluding carboxylic acids is 1. The number of hydrogen-bond donors (Lipinski definition) is 2. The molecule has 0 aromatic rings. The van der Waals surface area contributed by atoms with E-state index in [1.54, 1.807) is 0 Å². The summed E-state index contributed by atoms with van der Waals surface area (Å²) < 4.78 is 0. The lowest BCUT2D eigenvalue weighted by atomic mass is 9.97. The highest BCUT2D eigenvalue weighted by atomic mass is 16.2. The summed E-state index contributed by atoms with van der Waals surface area (Å²) in [6.07, 6.45) is 6.04. The van der Waals surface area contributed by atoms with E-state index in [1.807, 2.05) is 6.92 Å². The van der Waals surface area contributed by atoms with Gasteiger partial charge in [-0.15, -0.1) is 0 Å². The van der Waals surface area contributed by atoms with E-state index in [4.69, 9.17) is 0 Å². The van der Waals surface area contributed by atoms with Gasteiger partial charge in [0.15, 0.2) is 0 Å². The zero-order valence-electron chi connectivity index (χ0n) is 11.9. The molecule has 2 N–H and O–H groups in total. The van der Waals surface area contributed by atoms with E-state index in [0.29, 0.717) is 6.04 Å². The Balaban J connectivity index is 1.78. The van der Waals surface area contributed by atoms with Crippen LogP contribution in [0.4, 0.5) is 0 Å². The van der Waals surface area contributed by atoms with Gasteiger partial charge in [0.05, 0.1) is 6.04 Å². The smallest absolute Gasteiger partial charge is 0.236 e. The minimum Gasteiger partial charge on any atom is -0.355 e. The Morgan fingerprint density at radius 2 is 1.94 bits per heavy atom. The lowest BCUT2D eigenvalue weighted by molar-refractivity contribution is -0.123. The van der Waals surface area contributed by atoms with Crippen molar-refractivity contribution in [1.29, 1.82) is 0 Å². The molecule has 3 unspecified atom stereocenters. The summed E-state index contributed by atoms with van der Waals surface area (Å²) in [6, 6.07) is 1.91. The number of amides is 1. The third-order valence-electron chi connectivity index (χ3n) is 4.53. The van der Waals surface area contributed by atoms with Crippen LogP contribution in [0, 0.1) is 0 Å². The fourth-order valence-electron chi connectivity index (χ4n) is 3.38. The molecule has 104 valence electrons. The molecule has 0 radical (unpaired) electrons. The van der Waals surface area contributed by atoms with Gasteiger partial charge in [0.1, 0.15) is 0 Å². The second-order valence-electron chi connectivity index (χ2n) is 5.90. The number of rotatable bonds is 5. The Kier molecular flexibility index (Phi) is 4.62. The summed E-state index contributed by atoms with van der Waals surface area (Å²) in [5.41, 5.74) is 0. The van der Waals surface area contributed by atoms with Crippen molar-refractivity contribution in [3.8, 4) is 0 Å². The normalized spacial score (nSPS) is 33.4. The minimum atomic E-state index is -0.0654. The highest BCUT2D eigenvalue weighted by Crippen LogP contribution is 2.34. The molecule has 3 atom stereocenters. The van der Waals surface area contributed by atoms with E-state index in [9.17, 15) is 4.79 Å². The van der Waals surface area contributed by atoms with Crippen molar-refractivity contribution >= 4 is 5.91 Å². The Morgan fingerprint density at radius 1 is 1.33 bits per heavy atom. The van der Waals surface area contributed by atoms with E-state index in [1.165, 1.54) is 25.7 Å². The van der Waals surface area contributed by atoms with Gasteiger partial charge in [0.25, 0.3) is 0 Å². The predicted molar refractivity (Wildman–Crippen MR) is 73.5 cm³/mol. The second kappa shape index (κ2) is 6.02. The van der Waals surface area contributed by atoms with Crippen LogP contribution in [0.3, 0.4) is 0 Å². The molecule has 1 amide bonds. The highest BCUT2D eigenvalue weighted by molar-refractivity contribution is 5.81. The number of nitrogens with one attached hydrogen (secondary N) is 2. The van der Waals surface area contributed by atoms with Crippen molar-refractivity contribution in [2.45, 2.75) is 70.1 Å². The van der Waals surface area contributed by atoms with Gasteiger partial charge < -0.3 is 15.5 Å². The molecule has 2 saturated heterocycles. The Morgan fingerprint density at radius 3 is 2.50 bits per heavy atom. The molecular weight excluding hydrogens is 226 g/mol. The molecule has 4 heteroatoms. The Bertz CT molecular complexity index is 281. The molecule has 0 aromatic heterocycles. The predicted octanol–water partition coefficient (Wildman–Crippen LogP) is 1.12. The van der Waals surface area contributed by atoms with Gasteiger partial charge in [-0.2, -0.15) is 0 Å². The maximum atomic E-state index is 11.8. The lowest BCUT2D eigenvalue weighted by Crippen LogP contribution is -2.52. The summed E-state index contributed by atoms with van der Waals surface area (Å²) in [5, 5.41) is 6.47. The molecule has 18 heavy (non-hydrogen) atoms. The van der Waals surface area contributed by atoms with Crippen molar-refractivity contribution in [3.05, 3.63) is 0 Å². The summed E-state index contributed by atoms with van der Waals surface area (Å²) in [5.74, 6) is 0.142. The third-order valence-corrected chi connectivity index (χ3v) is 4.53. The van der Waals surface area contributed by atoms with E-state index >= 15 is 0 Å². The lowest BCUT2D eigenvalue weighted by Gasteiger charge is -2.37. The zero-order valence-corrected chi connectivity index (χ0v) is 11.9. The second-order valence-corrected chi connectivity index (χ2v) is 5.90. The van der Waals surface area contributed by atoms with Gasteiger partial charge in [-0.3, -0.25) is 4.79 Å². The first kappa shape index (κ1) is 13.8. The number of nitrogens with zero attached hydrogens (tertiary/aromatic N) is 1. The van der Waals surface area contributed by atoms with Crippen molar-refractivity contribution in [1.82, 2.24) is 15.5 Å². The van der Waals surface area contributed by atoms with Gasteiger partial charge in [-0.1, -0.05) is 6.92 Å². The Hall–Kier alpha value is -0.610. The quantitative estimate of drug-likeness (QED) is 0.771. The van der Waals surface area contributed by atoms with Crippen molar-refractivity contribution in [2.75, 3.05) is 13.6 Å². The molecule has 2 rings (SSSR count). The van der Waals surface area contributed by atoms with Crippen LogP contribution in [-0.4, -0.2) is 48.6 Å². The van der Waals surface area contributed by atoms with Crippen LogP contribution >= 0.6 is 0 Å². The molecule has 2 bridgehead atoms. The summed E-state index contributed by atoms with van der Waals surface area (Å²) >= 11 is 0. The van der Waals surface area contributed by atoms with Gasteiger partial charge in [-0.05, 0) is 46.1 Å². The average molecular weight is 253 g/mol. The monoisotopic (exact) mass is 253 g/mol. The fourth-order valence-corrected chi connectivity index (χ4v) is 3.38. The molecular formula is C14H27N3O. The number of carbonyl (C=O) groups is 1. The Labute approximate surface area is 110 Å². The fraction of sp³-hybridized carbons (Fsp3) is 0.929. The van der Waals surface area contributed by atoms with Crippen LogP contribution < -0.4 is 10.6 Å². The molecule has 0 spiro atoms. The van der Waals surface area contributed by atoms with E-state index in [-0.39, 0.29) is 11.9 Å². The van der Waals surface area contributed by atoms with Gasteiger partial charge in [0.2, 0.25) is 5.91 Å². The van der Waals surface area contributed by atoms with Crippen molar-refractivity contribution in [2.24, 2.45) is 0 Å². The van der Waals surface area contributed by atoms with Crippen LogP contribution in [0.2, 0.25) is 0 Å². The first-order chi connectivity index (χ1) is 8.61. The molecule has 0 aromatic carbocycles. The van der Waals surface area contributed by atoms with Crippen LogP contribution in [0.25, 0.3) is 0 Å². The van der Waals surface area contributed by atoms with E-state index in [2.05, 4.69) is 29.5 Å². The standard InChI is InChI=1S/C14H27N3O/c1-4-7-15-14(18)10(2)16-11-8-12-5-6-13(9-11)17(12)3/h10-13,16H,4-9H2,1-3H3,(H,15,18).